The molecule has 0 amide bonds. The van der Waals surface area contributed by atoms with Crippen LogP contribution in [0.15, 0.2) is 0 Å². The van der Waals surface area contributed by atoms with Gasteiger partial charge in [-0.05, 0) is 0 Å². The summed E-state index contributed by atoms with van der Waals surface area (Å²) >= 11 is 4.73. The van der Waals surface area contributed by atoms with E-state index < -0.39 is 0 Å². The molecule has 0 N–H and O–H groups in total. The predicted octanol–water partition coefficient (Wildman–Crippen LogP) is -0.417. The van der Waals surface area contributed by atoms with Gasteiger partial charge in [-0.25, -0.2) is 0 Å². The molecule has 0 nitrogen and oxygen atoms in total. The maximum atomic E-state index is 5.26. The minimum absolute atomic E-state index is 1.28. The third-order valence-electron chi connectivity index (χ3n) is 0.373. The van der Waals surface area contributed by atoms with E-state index >= 15 is 0 Å². The molecule has 0 spiro atoms. The average molecular weight is 492 g/mol. The maximum absolute atomic E-state index is 5.26. The van der Waals surface area contributed by atoms with Gasteiger partial charge in [0.05, 0.1) is 0 Å². The Bertz CT molecular complexity index is 697. The number of hydrogen-bond acceptors (Lipinski definition) is 1. The van der Waals surface area contributed by atoms with Gasteiger partial charge in [0, 0.05) is 28.9 Å². The molecule has 93 valence electrons. The molecule has 0 aromatic rings. The third kappa shape index (κ3) is 17.4. The molecular formula is BS15. The van der Waals surface area contributed by atoms with Crippen molar-refractivity contribution in [3.05, 3.63) is 0 Å². The minimum Gasteiger partial charge on any atom is 0 e. The normalized spacial score (nSPS) is 7.19. The minimum atomic E-state index is 1.28. The molecular weight excluding hydrogens is 492 g/mol. The molecule has 0 aromatic carbocycles. The summed E-state index contributed by atoms with van der Waals surface area (Å²) in [5.41, 5.74) is 0. The fourth-order valence-electron chi connectivity index (χ4n) is 0.141. The van der Waals surface area contributed by atoms with Gasteiger partial charge in [0.15, 0.2) is 0 Å². The van der Waals surface area contributed by atoms with Crippen LogP contribution in [0.1, 0.15) is 0 Å². The number of rotatable bonds is 0. The Morgan fingerprint density at radius 3 is 1.12 bits per heavy atom. The average Bonchev–Trinajstić information content (AvgIpc) is 2.31. The molecule has 1 radical (unpaired) electrons. The Kier molecular flexibility index (Phi) is 22.2. The molecule has 16 heteroatoms. The van der Waals surface area contributed by atoms with Crippen LogP contribution < -0.4 is 0 Å². The van der Waals surface area contributed by atoms with Gasteiger partial charge in [-0.1, -0.05) is 0 Å². The smallest absolute Gasteiger partial charge is 0 e. The van der Waals surface area contributed by atoms with E-state index in [9.17, 15) is 0 Å². The van der Waals surface area contributed by atoms with Crippen LogP contribution in [0, 0.1) is 0 Å². The van der Waals surface area contributed by atoms with E-state index in [0.29, 0.717) is 0 Å². The summed E-state index contributed by atoms with van der Waals surface area (Å²) in [6, 6.07) is 0. The molecule has 0 heterocycles. The van der Waals surface area contributed by atoms with Gasteiger partial charge < -0.3 is 0 Å². The monoisotopic (exact) mass is 491 g/mol. The molecule has 0 saturated carbocycles. The Labute approximate surface area is 140 Å². The van der Waals surface area contributed by atoms with E-state index in [0.717, 1.165) is 0 Å². The van der Waals surface area contributed by atoms with Gasteiger partial charge in [-0.15, -0.1) is 0 Å². The fraction of sp³-hybridized carbons (Fsp3) is 0. The van der Waals surface area contributed by atoms with Crippen LogP contribution in [0.25, 0.3) is 0 Å². The topological polar surface area (TPSA) is 0 Å². The Morgan fingerprint density at radius 1 is 0.500 bits per heavy atom. The number of hydrogen-bond donors (Lipinski definition) is 0. The van der Waals surface area contributed by atoms with E-state index in [1.54, 1.807) is 107 Å². The Balaban J connectivity index is 5.66. The molecule has 0 atom stereocenters. The van der Waals surface area contributed by atoms with Crippen molar-refractivity contribution >= 4 is 143 Å². The van der Waals surface area contributed by atoms with Crippen LogP contribution in [-0.2, 0) is 136 Å². The van der Waals surface area contributed by atoms with E-state index in [1.165, 1.54) is 18.6 Å². The van der Waals surface area contributed by atoms with Crippen molar-refractivity contribution in [1.82, 2.24) is 0 Å². The van der Waals surface area contributed by atoms with E-state index in [-0.39, 0.29) is 0 Å². The first-order chi connectivity index (χ1) is 7.91. The zero-order valence-corrected chi connectivity index (χ0v) is 18.9. The fourth-order valence-corrected chi connectivity index (χ4v) is 31.6. The van der Waals surface area contributed by atoms with Crippen LogP contribution in [0.3, 0.4) is 0 Å². The van der Waals surface area contributed by atoms with Crippen LogP contribution in [0.4, 0.5) is 0 Å². The second kappa shape index (κ2) is 18.4. The van der Waals surface area contributed by atoms with Crippen LogP contribution in [0.2, 0.25) is 0 Å². The molecule has 0 aliphatic heterocycles. The van der Waals surface area contributed by atoms with Crippen LogP contribution in [0.5, 0.6) is 0 Å². The van der Waals surface area contributed by atoms with Crippen LogP contribution in [-0.4, -0.2) is 6.72 Å². The molecule has 0 rings (SSSR count). The molecule has 0 unspecified atom stereocenters. The standard InChI is InChI=1S/BS15/c1-3-5-7-9-11-13-15-16-14-12-10-8-6-4-2. The summed E-state index contributed by atoms with van der Waals surface area (Å²) in [7, 11) is 23.3. The van der Waals surface area contributed by atoms with Crippen molar-refractivity contribution in [3.63, 3.8) is 0 Å². The molecule has 0 aromatic heterocycles. The van der Waals surface area contributed by atoms with E-state index in [2.05, 4.69) is 0 Å². The van der Waals surface area contributed by atoms with Crippen molar-refractivity contribution < 1.29 is 0 Å². The SMILES string of the molecule is [B]=S=S=S=S=S=S=S=S=S=S=S=S=S=S=S. The molecule has 16 heavy (non-hydrogen) atoms. The summed E-state index contributed by atoms with van der Waals surface area (Å²) in [6.45, 7) is 5.26. The van der Waals surface area contributed by atoms with Gasteiger partial charge in [0.1, 0.15) is 0 Å². The summed E-state index contributed by atoms with van der Waals surface area (Å²) in [5, 5.41) is 0. The summed E-state index contributed by atoms with van der Waals surface area (Å²) < 4.78 is 0. The van der Waals surface area contributed by atoms with Crippen molar-refractivity contribution in [1.29, 1.82) is 0 Å². The molecule has 0 saturated heterocycles. The first kappa shape index (κ1) is 19.4. The van der Waals surface area contributed by atoms with Gasteiger partial charge in [-0.3, -0.25) is 0 Å². The van der Waals surface area contributed by atoms with Crippen LogP contribution >= 0.6 is 0 Å². The van der Waals surface area contributed by atoms with Gasteiger partial charge >= 0.3 is 114 Å². The van der Waals surface area contributed by atoms with Gasteiger partial charge in [0.2, 0.25) is 0 Å². The van der Waals surface area contributed by atoms with Crippen molar-refractivity contribution in [2.45, 2.75) is 0 Å². The van der Waals surface area contributed by atoms with E-state index in [1.807, 2.05) is 0 Å². The zero-order chi connectivity index (χ0) is 11.9. The first-order valence-electron chi connectivity index (χ1n) is 2.57. The van der Waals surface area contributed by atoms with Crippen molar-refractivity contribution in [2.75, 3.05) is 0 Å². The first-order valence-corrected chi connectivity index (χ1v) is 21.7. The second-order valence-electron chi connectivity index (χ2n) is 0.981. The van der Waals surface area contributed by atoms with Gasteiger partial charge in [-0.2, -0.15) is 0 Å². The second-order valence-corrected chi connectivity index (χ2v) is 24.7. The molecule has 0 aliphatic rings. The summed E-state index contributed by atoms with van der Waals surface area (Å²) in [4.78, 5) is 0. The quantitative estimate of drug-likeness (QED) is 0.415. The Morgan fingerprint density at radius 2 is 0.812 bits per heavy atom. The van der Waals surface area contributed by atoms with Crippen molar-refractivity contribution in [2.24, 2.45) is 0 Å². The summed E-state index contributed by atoms with van der Waals surface area (Å²) in [5.74, 6) is 0. The third-order valence-corrected chi connectivity index (χ3v) is 28.1. The van der Waals surface area contributed by atoms with Crippen molar-refractivity contribution in [3.8, 4) is 0 Å². The molecule has 0 fully saturated rings. The predicted molar refractivity (Wildman–Crippen MR) is 116 cm³/mol. The summed E-state index contributed by atoms with van der Waals surface area (Å²) in [6.07, 6.45) is 0. The zero-order valence-electron chi connectivity index (χ0n) is 6.70. The van der Waals surface area contributed by atoms with Gasteiger partial charge in [0.25, 0.3) is 0 Å². The van der Waals surface area contributed by atoms with E-state index in [4.69, 9.17) is 17.9 Å². The Hall–Kier alpha value is 3.36. The molecule has 0 aliphatic carbocycles. The molecule has 0 bridgehead atoms.